The van der Waals surface area contributed by atoms with Crippen molar-refractivity contribution < 1.29 is 4.79 Å². The molecule has 0 unspecified atom stereocenters. The number of pyridine rings is 3. The maximum Gasteiger partial charge on any atom is 0.254 e. The fraction of sp³-hybridized carbons (Fsp3) is 0.280. The molecule has 9 heteroatoms. The minimum Gasteiger partial charge on any atom is -0.368 e. The molecule has 4 aromatic rings. The number of hydrogen-bond acceptors (Lipinski definition) is 7. The van der Waals surface area contributed by atoms with Crippen molar-refractivity contribution in [1.29, 1.82) is 0 Å². The molecule has 34 heavy (non-hydrogen) atoms. The average Bonchev–Trinajstić information content (AvgIpc) is 3.44. The molecule has 0 aromatic carbocycles. The van der Waals surface area contributed by atoms with E-state index < -0.39 is 0 Å². The van der Waals surface area contributed by atoms with Gasteiger partial charge in [-0.2, -0.15) is 0 Å². The van der Waals surface area contributed by atoms with E-state index >= 15 is 0 Å². The SMILES string of the molecule is CN1CCN(c2ccc(Nc3cnc(-c4ccnc5c4ccn5C)c4c3C(=O)NC4)nc2)CC1. The molecule has 2 aliphatic rings. The van der Waals surface area contributed by atoms with E-state index in [1.54, 1.807) is 12.4 Å². The molecule has 0 spiro atoms. The van der Waals surface area contributed by atoms with Crippen molar-refractivity contribution in [2.75, 3.05) is 43.4 Å². The zero-order chi connectivity index (χ0) is 23.2. The molecule has 0 atom stereocenters. The molecule has 1 fully saturated rings. The van der Waals surface area contributed by atoms with Crippen LogP contribution in [-0.2, 0) is 13.6 Å². The molecular formula is C25H26N8O. The van der Waals surface area contributed by atoms with Crippen LogP contribution in [0.5, 0.6) is 0 Å². The number of carbonyl (C=O) groups excluding carboxylic acids is 1. The molecule has 6 rings (SSSR count). The highest BCUT2D eigenvalue weighted by Gasteiger charge is 2.28. The normalized spacial score (nSPS) is 16.1. The van der Waals surface area contributed by atoms with E-state index in [9.17, 15) is 4.79 Å². The van der Waals surface area contributed by atoms with Gasteiger partial charge in [0.2, 0.25) is 0 Å². The van der Waals surface area contributed by atoms with Gasteiger partial charge in [-0.25, -0.2) is 9.97 Å². The number of carbonyl (C=O) groups is 1. The van der Waals surface area contributed by atoms with E-state index in [1.165, 1.54) is 0 Å². The van der Waals surface area contributed by atoms with Gasteiger partial charge in [-0.05, 0) is 31.3 Å². The van der Waals surface area contributed by atoms with Gasteiger partial charge in [-0.1, -0.05) is 0 Å². The Balaban J connectivity index is 1.32. The molecule has 0 radical (unpaired) electrons. The lowest BCUT2D eigenvalue weighted by atomic mass is 10.0. The second-order valence-electron chi connectivity index (χ2n) is 8.90. The molecule has 172 valence electrons. The number of aryl methyl sites for hydroxylation is 1. The third-order valence-electron chi connectivity index (χ3n) is 6.73. The lowest BCUT2D eigenvalue weighted by Crippen LogP contribution is -2.44. The number of aromatic nitrogens is 4. The van der Waals surface area contributed by atoms with Crippen molar-refractivity contribution in [1.82, 2.24) is 29.7 Å². The summed E-state index contributed by atoms with van der Waals surface area (Å²) < 4.78 is 1.98. The number of hydrogen-bond donors (Lipinski definition) is 2. The van der Waals surface area contributed by atoms with Crippen LogP contribution in [0.25, 0.3) is 22.3 Å². The summed E-state index contributed by atoms with van der Waals surface area (Å²) in [4.78, 5) is 31.3. The predicted octanol–water partition coefficient (Wildman–Crippen LogP) is 2.77. The number of rotatable bonds is 4. The van der Waals surface area contributed by atoms with Crippen molar-refractivity contribution in [3.63, 3.8) is 0 Å². The number of anilines is 3. The smallest absolute Gasteiger partial charge is 0.254 e. The van der Waals surface area contributed by atoms with Gasteiger partial charge < -0.3 is 25.0 Å². The highest BCUT2D eigenvalue weighted by molar-refractivity contribution is 6.06. The van der Waals surface area contributed by atoms with Crippen LogP contribution < -0.4 is 15.5 Å². The molecule has 0 saturated carbocycles. The maximum atomic E-state index is 12.8. The summed E-state index contributed by atoms with van der Waals surface area (Å²) in [5, 5.41) is 7.29. The number of nitrogens with zero attached hydrogens (tertiary/aromatic N) is 6. The quantitative estimate of drug-likeness (QED) is 0.490. The third-order valence-corrected chi connectivity index (χ3v) is 6.73. The Hall–Kier alpha value is -3.98. The van der Waals surface area contributed by atoms with Crippen LogP contribution in [0, 0.1) is 0 Å². The van der Waals surface area contributed by atoms with Crippen molar-refractivity contribution in [2.45, 2.75) is 6.54 Å². The fourth-order valence-corrected chi connectivity index (χ4v) is 4.79. The van der Waals surface area contributed by atoms with Crippen molar-refractivity contribution in [2.24, 2.45) is 7.05 Å². The second kappa shape index (κ2) is 8.11. The summed E-state index contributed by atoms with van der Waals surface area (Å²) in [6.45, 7) is 4.53. The highest BCUT2D eigenvalue weighted by Crippen LogP contribution is 2.36. The van der Waals surface area contributed by atoms with Gasteiger partial charge in [0, 0.05) is 68.7 Å². The van der Waals surface area contributed by atoms with Gasteiger partial charge in [0.05, 0.1) is 35.0 Å². The van der Waals surface area contributed by atoms with Crippen LogP contribution in [0.15, 0.2) is 49.1 Å². The number of nitrogens with one attached hydrogen (secondary N) is 2. The first-order valence-corrected chi connectivity index (χ1v) is 11.5. The van der Waals surface area contributed by atoms with Gasteiger partial charge in [-0.15, -0.1) is 0 Å². The Labute approximate surface area is 197 Å². The Morgan fingerprint density at radius 1 is 0.971 bits per heavy atom. The minimum atomic E-state index is -0.103. The second-order valence-corrected chi connectivity index (χ2v) is 8.90. The van der Waals surface area contributed by atoms with E-state index in [1.807, 2.05) is 42.2 Å². The van der Waals surface area contributed by atoms with E-state index in [0.717, 1.165) is 59.7 Å². The number of piperazine rings is 1. The first kappa shape index (κ1) is 20.6. The van der Waals surface area contributed by atoms with Gasteiger partial charge in [-0.3, -0.25) is 9.78 Å². The first-order chi connectivity index (χ1) is 16.6. The Kier molecular flexibility index (Phi) is 4.91. The van der Waals surface area contributed by atoms with Crippen LogP contribution >= 0.6 is 0 Å². The summed E-state index contributed by atoms with van der Waals surface area (Å²) in [5.74, 6) is 0.581. The zero-order valence-corrected chi connectivity index (χ0v) is 19.2. The van der Waals surface area contributed by atoms with Gasteiger partial charge in [0.1, 0.15) is 11.5 Å². The van der Waals surface area contributed by atoms with Crippen LogP contribution in [0.3, 0.4) is 0 Å². The largest absolute Gasteiger partial charge is 0.368 e. The summed E-state index contributed by atoms with van der Waals surface area (Å²) in [6, 6.07) is 8.02. The van der Waals surface area contributed by atoms with Gasteiger partial charge in [0.15, 0.2) is 0 Å². The van der Waals surface area contributed by atoms with Gasteiger partial charge >= 0.3 is 0 Å². The molecule has 4 aromatic heterocycles. The fourth-order valence-electron chi connectivity index (χ4n) is 4.79. The van der Waals surface area contributed by atoms with Crippen LogP contribution in [0.1, 0.15) is 15.9 Å². The molecule has 2 aliphatic heterocycles. The molecule has 6 heterocycles. The summed E-state index contributed by atoms with van der Waals surface area (Å²) in [7, 11) is 4.12. The average molecular weight is 455 g/mol. The third kappa shape index (κ3) is 3.45. The van der Waals surface area contributed by atoms with E-state index in [0.29, 0.717) is 23.6 Å². The van der Waals surface area contributed by atoms with Crippen LogP contribution in [0.2, 0.25) is 0 Å². The van der Waals surface area contributed by atoms with E-state index in [2.05, 4.69) is 43.5 Å². The monoisotopic (exact) mass is 454 g/mol. The highest BCUT2D eigenvalue weighted by atomic mass is 16.1. The topological polar surface area (TPSA) is 91.2 Å². The lowest BCUT2D eigenvalue weighted by Gasteiger charge is -2.33. The summed E-state index contributed by atoms with van der Waals surface area (Å²) in [5.41, 5.74) is 5.94. The molecule has 9 nitrogen and oxygen atoms in total. The van der Waals surface area contributed by atoms with E-state index in [-0.39, 0.29) is 5.91 Å². The molecule has 1 amide bonds. The predicted molar refractivity (Wildman–Crippen MR) is 132 cm³/mol. The Bertz CT molecular complexity index is 1390. The maximum absolute atomic E-state index is 12.8. The molecule has 1 saturated heterocycles. The lowest BCUT2D eigenvalue weighted by molar-refractivity contribution is 0.0966. The minimum absolute atomic E-state index is 0.103. The summed E-state index contributed by atoms with van der Waals surface area (Å²) in [6.07, 6.45) is 7.38. The van der Waals surface area contributed by atoms with Crippen LogP contribution in [0.4, 0.5) is 17.2 Å². The molecule has 0 bridgehead atoms. The first-order valence-electron chi connectivity index (χ1n) is 11.5. The zero-order valence-electron chi connectivity index (χ0n) is 19.2. The Morgan fingerprint density at radius 2 is 1.82 bits per heavy atom. The molecule has 0 aliphatic carbocycles. The van der Waals surface area contributed by atoms with Gasteiger partial charge in [0.25, 0.3) is 5.91 Å². The standard InChI is InChI=1S/C25H26N8O/c1-31-9-11-33(12-10-31)16-3-4-21(27-13-16)30-20-15-28-23(19-14-29-25(34)22(19)20)17-5-7-26-24-18(17)6-8-32(24)2/h3-8,13,15H,9-12,14H2,1-2H3,(H,27,30)(H,29,34). The van der Waals surface area contributed by atoms with Crippen molar-refractivity contribution in [3.05, 3.63) is 60.2 Å². The van der Waals surface area contributed by atoms with Crippen molar-refractivity contribution in [3.8, 4) is 11.3 Å². The Morgan fingerprint density at radius 3 is 2.62 bits per heavy atom. The summed E-state index contributed by atoms with van der Waals surface area (Å²) >= 11 is 0. The number of likely N-dealkylation sites (N-methyl/N-ethyl adjacent to an activating group) is 1. The number of fused-ring (bicyclic) bond motifs is 2. The van der Waals surface area contributed by atoms with E-state index in [4.69, 9.17) is 4.98 Å². The van der Waals surface area contributed by atoms with Crippen LogP contribution in [-0.4, -0.2) is 63.6 Å². The number of amides is 1. The molecular weight excluding hydrogens is 428 g/mol. The molecule has 2 N–H and O–H groups in total. The van der Waals surface area contributed by atoms with Crippen molar-refractivity contribution >= 4 is 34.1 Å².